The second kappa shape index (κ2) is 10.0. The number of ketones is 1. The van der Waals surface area contributed by atoms with Crippen LogP contribution in [0, 0.1) is 23.7 Å². The first-order valence-electron chi connectivity index (χ1n) is 9.07. The quantitative estimate of drug-likeness (QED) is 0.336. The molecule has 0 aromatic heterocycles. The van der Waals surface area contributed by atoms with Gasteiger partial charge in [-0.2, -0.15) is 0 Å². The molecule has 0 spiro atoms. The SMILES string of the molecule is O=C(O)CCCC#C/C=C1\C(=O)C=CC1/C=C/C(O)C1CCCCC1. The van der Waals surface area contributed by atoms with E-state index in [0.717, 1.165) is 12.8 Å². The van der Waals surface area contributed by atoms with Gasteiger partial charge in [-0.05, 0) is 37.3 Å². The van der Waals surface area contributed by atoms with Crippen molar-refractivity contribution in [1.82, 2.24) is 0 Å². The monoisotopic (exact) mass is 342 g/mol. The first kappa shape index (κ1) is 19.2. The van der Waals surface area contributed by atoms with Crippen LogP contribution < -0.4 is 0 Å². The third-order valence-corrected chi connectivity index (χ3v) is 4.77. The molecule has 2 N–H and O–H groups in total. The Morgan fingerprint density at radius 3 is 2.80 bits per heavy atom. The lowest BCUT2D eigenvalue weighted by molar-refractivity contribution is -0.137. The maximum atomic E-state index is 11.9. The first-order valence-corrected chi connectivity index (χ1v) is 9.07. The number of allylic oxidation sites excluding steroid dienone is 5. The van der Waals surface area contributed by atoms with Gasteiger partial charge in [0.1, 0.15) is 0 Å². The minimum absolute atomic E-state index is 0.0540. The van der Waals surface area contributed by atoms with Gasteiger partial charge < -0.3 is 10.2 Å². The standard InChI is InChI=1S/C21H26O4/c22-19(17-8-4-3-5-9-17)14-12-16-13-15-20(23)18(16)10-6-1-2-7-11-21(24)25/h10,12-17,19,22H,2-5,7-9,11H2,(H,24,25)/b14-12+,18-10-. The molecule has 2 unspecified atom stereocenters. The average Bonchev–Trinajstić information content (AvgIpc) is 2.96. The largest absolute Gasteiger partial charge is 0.481 e. The Morgan fingerprint density at radius 2 is 2.08 bits per heavy atom. The topological polar surface area (TPSA) is 74.6 Å². The fourth-order valence-electron chi connectivity index (χ4n) is 3.29. The van der Waals surface area contributed by atoms with Gasteiger partial charge in [0.25, 0.3) is 0 Å². The van der Waals surface area contributed by atoms with Crippen LogP contribution in [-0.2, 0) is 9.59 Å². The van der Waals surface area contributed by atoms with Crippen molar-refractivity contribution in [3.63, 3.8) is 0 Å². The van der Waals surface area contributed by atoms with E-state index in [2.05, 4.69) is 11.8 Å². The van der Waals surface area contributed by atoms with Crippen LogP contribution in [0.3, 0.4) is 0 Å². The summed E-state index contributed by atoms with van der Waals surface area (Å²) in [6.07, 6.45) is 15.1. The number of hydrogen-bond donors (Lipinski definition) is 2. The molecule has 0 amide bonds. The van der Waals surface area contributed by atoms with Crippen LogP contribution >= 0.6 is 0 Å². The summed E-state index contributed by atoms with van der Waals surface area (Å²) in [5.41, 5.74) is 0.609. The molecule has 0 bridgehead atoms. The van der Waals surface area contributed by atoms with Crippen molar-refractivity contribution in [3.8, 4) is 11.8 Å². The van der Waals surface area contributed by atoms with Crippen LogP contribution in [0.15, 0.2) is 36.0 Å². The molecule has 0 heterocycles. The number of hydrogen-bond acceptors (Lipinski definition) is 3. The summed E-state index contributed by atoms with van der Waals surface area (Å²) in [5.74, 6) is 5.04. The molecule has 2 atom stereocenters. The normalized spacial score (nSPS) is 23.8. The molecule has 2 rings (SSSR count). The molecular formula is C21H26O4. The van der Waals surface area contributed by atoms with Gasteiger partial charge in [-0.3, -0.25) is 9.59 Å². The average molecular weight is 342 g/mol. The Kier molecular flexibility index (Phi) is 7.69. The summed E-state index contributed by atoms with van der Waals surface area (Å²) in [5, 5.41) is 18.9. The van der Waals surface area contributed by atoms with Crippen LogP contribution in [0.4, 0.5) is 0 Å². The maximum absolute atomic E-state index is 11.9. The van der Waals surface area contributed by atoms with Crippen molar-refractivity contribution in [2.24, 2.45) is 11.8 Å². The van der Waals surface area contributed by atoms with Crippen molar-refractivity contribution in [2.45, 2.75) is 57.5 Å². The summed E-state index contributed by atoms with van der Waals surface area (Å²) < 4.78 is 0. The minimum atomic E-state index is -0.822. The number of aliphatic hydroxyl groups is 1. The summed E-state index contributed by atoms with van der Waals surface area (Å²) in [4.78, 5) is 22.4. The highest BCUT2D eigenvalue weighted by Crippen LogP contribution is 2.28. The Hall–Kier alpha value is -2.12. The van der Waals surface area contributed by atoms with Gasteiger partial charge in [0.2, 0.25) is 0 Å². The molecule has 0 aliphatic heterocycles. The lowest BCUT2D eigenvalue weighted by atomic mass is 9.85. The van der Waals surface area contributed by atoms with Crippen molar-refractivity contribution in [1.29, 1.82) is 0 Å². The second-order valence-electron chi connectivity index (χ2n) is 6.69. The third kappa shape index (κ3) is 6.36. The van der Waals surface area contributed by atoms with Gasteiger partial charge in [0, 0.05) is 24.3 Å². The Bertz CT molecular complexity index is 624. The Balaban J connectivity index is 1.90. The second-order valence-corrected chi connectivity index (χ2v) is 6.69. The molecule has 0 saturated heterocycles. The highest BCUT2D eigenvalue weighted by atomic mass is 16.4. The lowest BCUT2D eigenvalue weighted by Gasteiger charge is -2.24. The van der Waals surface area contributed by atoms with E-state index in [1.165, 1.54) is 19.3 Å². The van der Waals surface area contributed by atoms with Crippen LogP contribution in [0.2, 0.25) is 0 Å². The van der Waals surface area contributed by atoms with Gasteiger partial charge in [0.05, 0.1) is 6.10 Å². The molecule has 4 nitrogen and oxygen atoms in total. The molecule has 134 valence electrons. The Morgan fingerprint density at radius 1 is 1.32 bits per heavy atom. The number of unbranched alkanes of at least 4 members (excludes halogenated alkanes) is 1. The summed E-state index contributed by atoms with van der Waals surface area (Å²) in [6, 6.07) is 0. The molecule has 1 saturated carbocycles. The van der Waals surface area contributed by atoms with E-state index in [4.69, 9.17) is 5.11 Å². The van der Waals surface area contributed by atoms with Crippen LogP contribution in [0.5, 0.6) is 0 Å². The fourth-order valence-corrected chi connectivity index (χ4v) is 3.29. The number of rotatable bonds is 6. The van der Waals surface area contributed by atoms with E-state index in [-0.39, 0.29) is 18.1 Å². The number of carboxylic acids is 1. The van der Waals surface area contributed by atoms with Crippen molar-refractivity contribution >= 4 is 11.8 Å². The Labute approximate surface area is 149 Å². The number of carboxylic acid groups (broad SMARTS) is 1. The van der Waals surface area contributed by atoms with Crippen molar-refractivity contribution < 1.29 is 19.8 Å². The smallest absolute Gasteiger partial charge is 0.303 e. The van der Waals surface area contributed by atoms with Gasteiger partial charge in [-0.25, -0.2) is 0 Å². The molecule has 25 heavy (non-hydrogen) atoms. The summed E-state index contributed by atoms with van der Waals surface area (Å²) in [6.45, 7) is 0. The van der Waals surface area contributed by atoms with E-state index in [9.17, 15) is 14.7 Å². The zero-order chi connectivity index (χ0) is 18.1. The fraction of sp³-hybridized carbons (Fsp3) is 0.524. The van der Waals surface area contributed by atoms with Crippen molar-refractivity contribution in [2.75, 3.05) is 0 Å². The van der Waals surface area contributed by atoms with Gasteiger partial charge >= 0.3 is 5.97 Å². The van der Waals surface area contributed by atoms with E-state index in [1.807, 2.05) is 18.2 Å². The van der Waals surface area contributed by atoms with Crippen LogP contribution in [0.1, 0.15) is 51.4 Å². The van der Waals surface area contributed by atoms with Gasteiger partial charge in [-0.1, -0.05) is 49.3 Å². The lowest BCUT2D eigenvalue weighted by Crippen LogP contribution is -2.20. The van der Waals surface area contributed by atoms with Gasteiger partial charge in [0.15, 0.2) is 5.78 Å². The maximum Gasteiger partial charge on any atom is 0.303 e. The number of aliphatic carboxylic acids is 1. The third-order valence-electron chi connectivity index (χ3n) is 4.77. The van der Waals surface area contributed by atoms with E-state index >= 15 is 0 Å². The molecular weight excluding hydrogens is 316 g/mol. The van der Waals surface area contributed by atoms with Gasteiger partial charge in [-0.15, -0.1) is 0 Å². The molecule has 1 fully saturated rings. The number of carbonyl (C=O) groups is 2. The predicted octanol–water partition coefficient (Wildman–Crippen LogP) is 3.42. The summed E-state index contributed by atoms with van der Waals surface area (Å²) in [7, 11) is 0. The van der Waals surface area contributed by atoms with Crippen LogP contribution in [0.25, 0.3) is 0 Å². The zero-order valence-electron chi connectivity index (χ0n) is 14.5. The molecule has 4 heteroatoms. The minimum Gasteiger partial charge on any atom is -0.481 e. The van der Waals surface area contributed by atoms with E-state index in [0.29, 0.717) is 24.3 Å². The molecule has 2 aliphatic rings. The highest BCUT2D eigenvalue weighted by Gasteiger charge is 2.23. The van der Waals surface area contributed by atoms with E-state index < -0.39 is 12.1 Å². The highest BCUT2D eigenvalue weighted by molar-refractivity contribution is 6.07. The molecule has 2 aliphatic carbocycles. The van der Waals surface area contributed by atoms with Crippen LogP contribution in [-0.4, -0.2) is 28.1 Å². The molecule has 0 radical (unpaired) electrons. The predicted molar refractivity (Wildman–Crippen MR) is 96.7 cm³/mol. The van der Waals surface area contributed by atoms with Crippen molar-refractivity contribution in [3.05, 3.63) is 36.0 Å². The first-order chi connectivity index (χ1) is 12.1. The summed E-state index contributed by atoms with van der Waals surface area (Å²) >= 11 is 0. The molecule has 0 aromatic rings. The zero-order valence-corrected chi connectivity index (χ0v) is 14.5. The number of carbonyl (C=O) groups excluding carboxylic acids is 1. The molecule has 0 aromatic carbocycles. The van der Waals surface area contributed by atoms with E-state index in [1.54, 1.807) is 12.2 Å². The number of aliphatic hydroxyl groups excluding tert-OH is 1.